The lowest BCUT2D eigenvalue weighted by Crippen LogP contribution is -2.62. The van der Waals surface area contributed by atoms with Gasteiger partial charge in [0.25, 0.3) is 5.91 Å². The Hall–Kier alpha value is -1.78. The minimum Gasteiger partial charge on any atom is -0.339 e. The Morgan fingerprint density at radius 1 is 1.41 bits per heavy atom. The van der Waals surface area contributed by atoms with E-state index >= 15 is 0 Å². The highest BCUT2D eigenvalue weighted by atomic mass is 32.2. The number of carbonyl (C=O) groups is 1. The second kappa shape index (κ2) is 7.33. The summed E-state index contributed by atoms with van der Waals surface area (Å²) >= 11 is 1.47. The second-order valence-corrected chi connectivity index (χ2v) is 9.89. The van der Waals surface area contributed by atoms with Crippen LogP contribution in [0.5, 0.6) is 0 Å². The molecule has 2 aliphatic rings. The van der Waals surface area contributed by atoms with Crippen molar-refractivity contribution in [2.75, 3.05) is 25.9 Å². The van der Waals surface area contributed by atoms with Crippen LogP contribution >= 0.6 is 11.3 Å². The molecule has 1 amide bonds. The summed E-state index contributed by atoms with van der Waals surface area (Å²) in [5.41, 5.74) is 0.652. The average molecular weight is 411 g/mol. The minimum atomic E-state index is -3.39. The van der Waals surface area contributed by atoms with Crippen LogP contribution in [0.1, 0.15) is 47.3 Å². The zero-order valence-corrected chi connectivity index (χ0v) is 16.7. The zero-order chi connectivity index (χ0) is 19.0. The van der Waals surface area contributed by atoms with Crippen LogP contribution in [0.2, 0.25) is 0 Å². The Morgan fingerprint density at radius 2 is 2.19 bits per heavy atom. The van der Waals surface area contributed by atoms with Crippen molar-refractivity contribution in [2.45, 2.75) is 37.6 Å². The molecule has 2 aromatic rings. The fraction of sp³-hybridized carbons (Fsp3) is 0.588. The number of nitrogens with zero attached hydrogens (tertiary/aromatic N) is 4. The summed E-state index contributed by atoms with van der Waals surface area (Å²) in [6.07, 6.45) is 4.94. The third-order valence-corrected chi connectivity index (χ3v) is 7.26. The van der Waals surface area contributed by atoms with Gasteiger partial charge in [-0.1, -0.05) is 11.6 Å². The van der Waals surface area contributed by atoms with Gasteiger partial charge in [0, 0.05) is 37.4 Å². The van der Waals surface area contributed by atoms with Gasteiger partial charge in [-0.25, -0.2) is 8.42 Å². The standard InChI is InChI=1S/C17H22N4O4S2/c1-27(23,24)21(7-5-15-18-16(25-19-15)12-3-2-4-12)14-9-20(10-14)17(22)13-6-8-26-11-13/h6,8,11-12,14H,2-5,7,9-10H2,1H3. The van der Waals surface area contributed by atoms with Gasteiger partial charge in [-0.05, 0) is 24.3 Å². The van der Waals surface area contributed by atoms with Crippen LogP contribution in [0.3, 0.4) is 0 Å². The highest BCUT2D eigenvalue weighted by Crippen LogP contribution is 2.35. The highest BCUT2D eigenvalue weighted by molar-refractivity contribution is 7.88. The number of thiophene rings is 1. The average Bonchev–Trinajstić information content (AvgIpc) is 3.17. The molecule has 2 aromatic heterocycles. The molecule has 0 aromatic carbocycles. The Bertz CT molecular complexity index is 899. The van der Waals surface area contributed by atoms with Crippen molar-refractivity contribution in [3.63, 3.8) is 0 Å². The number of amides is 1. The van der Waals surface area contributed by atoms with Crippen LogP contribution < -0.4 is 0 Å². The Kier molecular flexibility index (Phi) is 5.04. The van der Waals surface area contributed by atoms with E-state index in [0.717, 1.165) is 12.8 Å². The molecule has 1 saturated carbocycles. The van der Waals surface area contributed by atoms with Crippen molar-refractivity contribution >= 4 is 27.3 Å². The fourth-order valence-electron chi connectivity index (χ4n) is 3.39. The van der Waals surface area contributed by atoms with Gasteiger partial charge in [0.05, 0.1) is 17.9 Å². The molecule has 1 aliphatic heterocycles. The van der Waals surface area contributed by atoms with E-state index < -0.39 is 10.0 Å². The smallest absolute Gasteiger partial charge is 0.254 e. The van der Waals surface area contributed by atoms with Gasteiger partial charge in [-0.2, -0.15) is 20.6 Å². The normalized spacial score (nSPS) is 18.5. The van der Waals surface area contributed by atoms with Crippen molar-refractivity contribution in [1.29, 1.82) is 0 Å². The first-order chi connectivity index (χ1) is 12.9. The van der Waals surface area contributed by atoms with Gasteiger partial charge in [0.2, 0.25) is 15.9 Å². The summed E-state index contributed by atoms with van der Waals surface area (Å²) in [6, 6.07) is 1.57. The molecule has 3 heterocycles. The number of likely N-dealkylation sites (tertiary alicyclic amines) is 1. The molecular weight excluding hydrogens is 388 g/mol. The number of carbonyl (C=O) groups excluding carboxylic acids is 1. The maximum Gasteiger partial charge on any atom is 0.254 e. The van der Waals surface area contributed by atoms with Gasteiger partial charge in [-0.3, -0.25) is 4.79 Å². The second-order valence-electron chi connectivity index (χ2n) is 7.18. The van der Waals surface area contributed by atoms with Gasteiger partial charge in [-0.15, -0.1) is 0 Å². The highest BCUT2D eigenvalue weighted by Gasteiger charge is 2.39. The molecule has 1 saturated heterocycles. The van der Waals surface area contributed by atoms with Crippen LogP contribution in [0.25, 0.3) is 0 Å². The summed E-state index contributed by atoms with van der Waals surface area (Å²) < 4.78 is 31.2. The zero-order valence-electron chi connectivity index (χ0n) is 15.1. The van der Waals surface area contributed by atoms with E-state index in [2.05, 4.69) is 10.1 Å². The molecule has 10 heteroatoms. The van der Waals surface area contributed by atoms with E-state index in [0.29, 0.717) is 42.7 Å². The van der Waals surface area contributed by atoms with Crippen LogP contribution in [0.15, 0.2) is 21.3 Å². The lowest BCUT2D eigenvalue weighted by atomic mass is 9.85. The summed E-state index contributed by atoms with van der Waals surface area (Å²) in [6.45, 7) is 1.09. The van der Waals surface area contributed by atoms with Gasteiger partial charge >= 0.3 is 0 Å². The molecule has 2 fully saturated rings. The maximum absolute atomic E-state index is 12.3. The minimum absolute atomic E-state index is 0.0516. The lowest BCUT2D eigenvalue weighted by Gasteiger charge is -2.44. The van der Waals surface area contributed by atoms with E-state index in [1.54, 1.807) is 16.3 Å². The molecule has 0 bridgehead atoms. The van der Waals surface area contributed by atoms with Crippen molar-refractivity contribution in [1.82, 2.24) is 19.3 Å². The summed E-state index contributed by atoms with van der Waals surface area (Å²) in [5, 5.41) is 7.64. The number of hydrogen-bond acceptors (Lipinski definition) is 7. The first-order valence-electron chi connectivity index (χ1n) is 9.02. The first-order valence-corrected chi connectivity index (χ1v) is 11.8. The van der Waals surface area contributed by atoms with Gasteiger partial charge in [0.15, 0.2) is 5.82 Å². The predicted molar refractivity (Wildman–Crippen MR) is 100 cm³/mol. The van der Waals surface area contributed by atoms with E-state index in [9.17, 15) is 13.2 Å². The number of rotatable bonds is 7. The van der Waals surface area contributed by atoms with Crippen molar-refractivity contribution in [3.8, 4) is 0 Å². The number of hydrogen-bond donors (Lipinski definition) is 0. The molecule has 0 N–H and O–H groups in total. The number of aromatic nitrogens is 2. The van der Waals surface area contributed by atoms with Crippen LogP contribution in [0.4, 0.5) is 0 Å². The molecule has 27 heavy (non-hydrogen) atoms. The summed E-state index contributed by atoms with van der Waals surface area (Å²) in [4.78, 5) is 18.4. The van der Waals surface area contributed by atoms with E-state index in [4.69, 9.17) is 4.52 Å². The topological polar surface area (TPSA) is 96.6 Å². The maximum atomic E-state index is 12.3. The number of sulfonamides is 1. The lowest BCUT2D eigenvalue weighted by molar-refractivity contribution is 0.0454. The third kappa shape index (κ3) is 3.92. The summed E-state index contributed by atoms with van der Waals surface area (Å²) in [5.74, 6) is 1.51. The molecule has 8 nitrogen and oxygen atoms in total. The Balaban J connectivity index is 1.35. The van der Waals surface area contributed by atoms with E-state index in [1.807, 2.05) is 5.38 Å². The molecule has 0 atom stereocenters. The SMILES string of the molecule is CS(=O)(=O)N(CCc1noc(C2CCC2)n1)C1CN(C(=O)c2ccsc2)C1. The van der Waals surface area contributed by atoms with E-state index in [-0.39, 0.29) is 18.5 Å². The third-order valence-electron chi connectivity index (χ3n) is 5.24. The summed E-state index contributed by atoms with van der Waals surface area (Å²) in [7, 11) is -3.39. The quantitative estimate of drug-likeness (QED) is 0.690. The molecule has 0 unspecified atom stereocenters. The molecule has 4 rings (SSSR count). The van der Waals surface area contributed by atoms with Gasteiger partial charge < -0.3 is 9.42 Å². The predicted octanol–water partition coefficient (Wildman–Crippen LogP) is 1.73. The van der Waals surface area contributed by atoms with Crippen molar-refractivity contribution < 1.29 is 17.7 Å². The molecule has 146 valence electrons. The Labute approximate surface area is 162 Å². The molecule has 0 spiro atoms. The molecule has 0 radical (unpaired) electrons. The van der Waals surface area contributed by atoms with Crippen LogP contribution in [-0.4, -0.2) is 65.6 Å². The monoisotopic (exact) mass is 410 g/mol. The van der Waals surface area contributed by atoms with Crippen LogP contribution in [0, 0.1) is 0 Å². The molecular formula is C17H22N4O4S2. The van der Waals surface area contributed by atoms with Gasteiger partial charge in [0.1, 0.15) is 0 Å². The molecule has 1 aliphatic carbocycles. The fourth-order valence-corrected chi connectivity index (χ4v) is 5.12. The van der Waals surface area contributed by atoms with Crippen molar-refractivity contribution in [3.05, 3.63) is 34.1 Å². The van der Waals surface area contributed by atoms with Crippen LogP contribution in [-0.2, 0) is 16.4 Å². The largest absolute Gasteiger partial charge is 0.339 e. The Morgan fingerprint density at radius 3 is 2.78 bits per heavy atom. The first kappa shape index (κ1) is 18.6. The van der Waals surface area contributed by atoms with Crippen molar-refractivity contribution in [2.24, 2.45) is 0 Å². The van der Waals surface area contributed by atoms with E-state index in [1.165, 1.54) is 28.3 Å².